The molecule has 0 bridgehead atoms. The molecule has 462 valence electrons. The van der Waals surface area contributed by atoms with Gasteiger partial charge >= 0.3 is 47.8 Å². The highest BCUT2D eigenvalue weighted by Gasteiger charge is 2.17. The highest BCUT2D eigenvalue weighted by molar-refractivity contribution is 5.93. The summed E-state index contributed by atoms with van der Waals surface area (Å²) in [4.78, 5) is 94.8. The molecule has 0 aromatic heterocycles. The first kappa shape index (κ1) is 68.3. The Morgan fingerprint density at radius 3 is 0.886 bits per heavy atom. The van der Waals surface area contributed by atoms with E-state index in [2.05, 4.69) is 19.7 Å². The quantitative estimate of drug-likeness (QED) is 0.0120. The zero-order chi connectivity index (χ0) is 63.5. The van der Waals surface area contributed by atoms with E-state index in [4.69, 9.17) is 56.8 Å². The molecular formula is C68H70O20. The first-order valence-corrected chi connectivity index (χ1v) is 28.1. The molecule has 0 radical (unpaired) electrons. The van der Waals surface area contributed by atoms with Crippen molar-refractivity contribution >= 4 is 47.8 Å². The summed E-state index contributed by atoms with van der Waals surface area (Å²) in [7, 11) is 0. The number of carbonyl (C=O) groups excluding carboxylic acids is 8. The van der Waals surface area contributed by atoms with Crippen LogP contribution in [0.1, 0.15) is 104 Å². The van der Waals surface area contributed by atoms with Crippen LogP contribution in [-0.4, -0.2) is 101 Å². The molecular weight excluding hydrogens is 1140 g/mol. The van der Waals surface area contributed by atoms with Gasteiger partial charge in [-0.25, -0.2) is 33.6 Å². The Kier molecular flexibility index (Phi) is 29.3. The van der Waals surface area contributed by atoms with Crippen molar-refractivity contribution in [3.8, 4) is 46.0 Å². The Labute approximate surface area is 510 Å². The SMILES string of the molecule is C=CC(=O)OCCCCOc1ccc(C(=O)Oc2ccc(OC(=O)c3ccc(OCCCCOC(=O)C=C)cc3)c(C)c2)cc1.C=CC(=O)OCCCOc1ccc(C(=O)Oc2ccc(OC(=O)c3ccc(OCCCOC(=O)CC)cc3)cc2C)cc1. The second kappa shape index (κ2) is 37.7. The monoisotopic (exact) mass is 1210 g/mol. The number of aryl methyl sites for hydroxylation is 2. The predicted molar refractivity (Wildman–Crippen MR) is 322 cm³/mol. The summed E-state index contributed by atoms with van der Waals surface area (Å²) >= 11 is 0. The first-order chi connectivity index (χ1) is 42.6. The molecule has 0 atom stereocenters. The number of hydrogen-bond acceptors (Lipinski definition) is 20. The first-order valence-electron chi connectivity index (χ1n) is 28.1. The molecule has 20 heteroatoms. The van der Waals surface area contributed by atoms with E-state index in [0.29, 0.717) is 164 Å². The van der Waals surface area contributed by atoms with E-state index < -0.39 is 41.8 Å². The smallest absolute Gasteiger partial charge is 0.343 e. The molecule has 6 rings (SSSR count). The predicted octanol–water partition coefficient (Wildman–Crippen LogP) is 11.9. The van der Waals surface area contributed by atoms with Crippen molar-refractivity contribution in [3.05, 3.63) is 205 Å². The second-order valence-corrected chi connectivity index (χ2v) is 18.7. The van der Waals surface area contributed by atoms with Gasteiger partial charge < -0.3 is 56.8 Å². The third-order valence-electron chi connectivity index (χ3n) is 12.0. The molecule has 0 aliphatic carbocycles. The van der Waals surface area contributed by atoms with Gasteiger partial charge in [0, 0.05) is 37.5 Å². The molecule has 0 heterocycles. The minimum absolute atomic E-state index is 0.220. The van der Waals surface area contributed by atoms with E-state index in [9.17, 15) is 38.4 Å². The van der Waals surface area contributed by atoms with Crippen LogP contribution in [0.4, 0.5) is 0 Å². The zero-order valence-corrected chi connectivity index (χ0v) is 49.3. The van der Waals surface area contributed by atoms with Crippen LogP contribution in [0.15, 0.2) is 171 Å². The topological polar surface area (TPSA) is 247 Å². The van der Waals surface area contributed by atoms with Crippen molar-refractivity contribution in [2.24, 2.45) is 0 Å². The molecule has 0 aliphatic rings. The van der Waals surface area contributed by atoms with E-state index in [1.54, 1.807) is 154 Å². The average Bonchev–Trinajstić information content (AvgIpc) is 3.74. The van der Waals surface area contributed by atoms with Gasteiger partial charge in [0.25, 0.3) is 0 Å². The van der Waals surface area contributed by atoms with E-state index >= 15 is 0 Å². The molecule has 0 fully saturated rings. The van der Waals surface area contributed by atoms with Crippen LogP contribution in [0.25, 0.3) is 0 Å². The molecule has 6 aromatic rings. The molecule has 0 unspecified atom stereocenters. The molecule has 0 spiro atoms. The van der Waals surface area contributed by atoms with E-state index in [1.165, 1.54) is 0 Å². The fourth-order valence-electron chi connectivity index (χ4n) is 7.27. The lowest BCUT2D eigenvalue weighted by atomic mass is 10.2. The Balaban J connectivity index is 0.000000321. The molecule has 0 saturated carbocycles. The molecule has 0 N–H and O–H groups in total. The van der Waals surface area contributed by atoms with Crippen LogP contribution in [-0.2, 0) is 38.1 Å². The molecule has 20 nitrogen and oxygen atoms in total. The van der Waals surface area contributed by atoms with Gasteiger partial charge in [0.05, 0.1) is 75.1 Å². The minimum Gasteiger partial charge on any atom is -0.494 e. The fraction of sp³-hybridized carbons (Fsp3) is 0.265. The molecule has 0 amide bonds. The maximum Gasteiger partial charge on any atom is 0.343 e. The molecule has 88 heavy (non-hydrogen) atoms. The van der Waals surface area contributed by atoms with Crippen LogP contribution >= 0.6 is 0 Å². The Hall–Kier alpha value is -10.5. The lowest BCUT2D eigenvalue weighted by Crippen LogP contribution is -2.11. The van der Waals surface area contributed by atoms with Gasteiger partial charge in [0.2, 0.25) is 0 Å². The van der Waals surface area contributed by atoms with Gasteiger partial charge in [-0.05, 0) is 184 Å². The van der Waals surface area contributed by atoms with Crippen LogP contribution in [0.3, 0.4) is 0 Å². The van der Waals surface area contributed by atoms with Crippen molar-refractivity contribution in [2.45, 2.75) is 65.7 Å². The van der Waals surface area contributed by atoms with Gasteiger partial charge in [-0.3, -0.25) is 4.79 Å². The third kappa shape index (κ3) is 25.0. The summed E-state index contributed by atoms with van der Waals surface area (Å²) in [5.41, 5.74) is 2.55. The summed E-state index contributed by atoms with van der Waals surface area (Å²) in [6.07, 6.45) is 7.45. The lowest BCUT2D eigenvalue weighted by molar-refractivity contribution is -0.143. The minimum atomic E-state index is -0.556. The highest BCUT2D eigenvalue weighted by Crippen LogP contribution is 2.28. The number of benzene rings is 6. The van der Waals surface area contributed by atoms with E-state index in [1.807, 2.05) is 0 Å². The van der Waals surface area contributed by atoms with Crippen molar-refractivity contribution in [1.82, 2.24) is 0 Å². The Morgan fingerprint density at radius 2 is 0.591 bits per heavy atom. The summed E-state index contributed by atoms with van der Waals surface area (Å²) in [5.74, 6) is -0.252. The fourth-order valence-corrected chi connectivity index (χ4v) is 7.27. The average molecular weight is 1210 g/mol. The highest BCUT2D eigenvalue weighted by atomic mass is 16.6. The van der Waals surface area contributed by atoms with Crippen LogP contribution in [0.5, 0.6) is 46.0 Å². The van der Waals surface area contributed by atoms with Gasteiger partial charge in [-0.2, -0.15) is 0 Å². The van der Waals surface area contributed by atoms with Gasteiger partial charge in [0.1, 0.15) is 46.0 Å². The van der Waals surface area contributed by atoms with Gasteiger partial charge in [-0.15, -0.1) is 0 Å². The molecule has 6 aromatic carbocycles. The molecule has 0 aliphatic heterocycles. The van der Waals surface area contributed by atoms with Crippen molar-refractivity contribution in [1.29, 1.82) is 0 Å². The number of rotatable bonds is 34. The van der Waals surface area contributed by atoms with Crippen molar-refractivity contribution in [3.63, 3.8) is 0 Å². The Morgan fingerprint density at radius 1 is 0.330 bits per heavy atom. The van der Waals surface area contributed by atoms with Crippen LogP contribution in [0, 0.1) is 13.8 Å². The second-order valence-electron chi connectivity index (χ2n) is 18.7. The zero-order valence-electron chi connectivity index (χ0n) is 49.3. The maximum atomic E-state index is 12.7. The number of ether oxygens (including phenoxy) is 12. The van der Waals surface area contributed by atoms with Crippen molar-refractivity contribution in [2.75, 3.05) is 52.9 Å². The maximum absolute atomic E-state index is 12.7. The summed E-state index contributed by atoms with van der Waals surface area (Å²) in [5, 5.41) is 0. The lowest BCUT2D eigenvalue weighted by Gasteiger charge is -2.11. The number of carbonyl (C=O) groups is 8. The third-order valence-corrected chi connectivity index (χ3v) is 12.0. The van der Waals surface area contributed by atoms with E-state index in [-0.39, 0.29) is 19.2 Å². The summed E-state index contributed by atoms with van der Waals surface area (Å²) in [6, 6.07) is 35.5. The van der Waals surface area contributed by atoms with Crippen molar-refractivity contribution < 1.29 is 95.2 Å². The Bertz CT molecular complexity index is 3290. The van der Waals surface area contributed by atoms with Crippen LogP contribution in [0.2, 0.25) is 0 Å². The largest absolute Gasteiger partial charge is 0.494 e. The van der Waals surface area contributed by atoms with Gasteiger partial charge in [0.15, 0.2) is 0 Å². The van der Waals surface area contributed by atoms with Crippen LogP contribution < -0.4 is 37.9 Å². The number of unbranched alkanes of at least 4 members (excludes halogenated alkanes) is 2. The van der Waals surface area contributed by atoms with Gasteiger partial charge in [-0.1, -0.05) is 26.7 Å². The summed E-state index contributed by atoms with van der Waals surface area (Å²) in [6.45, 7) is 17.9. The number of hydrogen-bond donors (Lipinski definition) is 0. The standard InChI is InChI=1S/C35H36O10.C33H34O10/c1-4-32(36)42-22-8-6-20-40-28-14-10-26(11-15-28)34(38)44-30-18-19-31(25(3)24-30)45-35(39)27-12-16-29(17-13-27)41-21-7-9-23-43-33(37)5-2;1-4-30(34)40-20-6-18-38-26-12-8-24(9-13-26)32(36)42-28-16-17-29(23(3)22-28)43-33(37)25-10-14-27(15-11-25)39-19-7-21-41-31(35)5-2/h4-5,10-19,24H,1-2,6-9,20-23H2,3H3;5,8-17,22H,2,4,6-7,18-21H2,1,3H3. The summed E-state index contributed by atoms with van der Waals surface area (Å²) < 4.78 is 64.2. The normalized spacial score (nSPS) is 10.3. The van der Waals surface area contributed by atoms with E-state index in [0.717, 1.165) is 18.2 Å². The molecule has 0 saturated heterocycles. The number of esters is 8.